The second-order valence-corrected chi connectivity index (χ2v) is 29.7. The average Bonchev–Trinajstić information content (AvgIpc) is 3.97. The molecular weight excluding hydrogens is 847 g/mol. The molecule has 5 aromatic rings. The van der Waals surface area contributed by atoms with Gasteiger partial charge in [0.25, 0.3) is 0 Å². The first kappa shape index (κ1) is 46.0. The van der Waals surface area contributed by atoms with Gasteiger partial charge in [-0.05, 0) is 59.8 Å². The van der Waals surface area contributed by atoms with E-state index in [1.807, 2.05) is 19.5 Å². The van der Waals surface area contributed by atoms with Gasteiger partial charge in [-0.1, -0.05) is 39.3 Å². The molecule has 0 aliphatic carbocycles. The van der Waals surface area contributed by atoms with E-state index in [1.165, 1.54) is 29.6 Å². The number of nitrogens with one attached hydrogen (secondary N) is 2. The van der Waals surface area contributed by atoms with Crippen LogP contribution in [-0.4, -0.2) is 109 Å². The number of carbonyl (C=O) groups excluding carboxylic acids is 2. The molecule has 0 saturated heterocycles. The molecule has 0 aliphatic rings. The van der Waals surface area contributed by atoms with Crippen LogP contribution in [0.4, 0.5) is 9.59 Å². The highest BCUT2D eigenvalue weighted by Crippen LogP contribution is 2.36. The third kappa shape index (κ3) is 12.7. The number of nitrogens with zero attached hydrogens (tertiary/aromatic N) is 7. The summed E-state index contributed by atoms with van der Waals surface area (Å²) < 4.78 is 28.2. The molecule has 1 atom stereocenters. The maximum atomic E-state index is 12.6. The van der Waals surface area contributed by atoms with Gasteiger partial charge in [0.2, 0.25) is 23.6 Å². The molecule has 5 heterocycles. The normalized spacial score (nSPS) is 12.4. The van der Waals surface area contributed by atoms with E-state index in [2.05, 4.69) is 69.8 Å². The number of aliphatic imine (C=N–C) groups is 1. The molecule has 0 aromatic carbocycles. The van der Waals surface area contributed by atoms with Crippen LogP contribution < -0.4 is 10.6 Å². The molecule has 0 aliphatic heterocycles. The predicted octanol–water partition coefficient (Wildman–Crippen LogP) is 8.72. The minimum absolute atomic E-state index is 0.0241. The summed E-state index contributed by atoms with van der Waals surface area (Å²) in [4.78, 5) is 66.2. The number of carboxylic acid groups (broad SMARTS) is 1. The lowest BCUT2D eigenvalue weighted by atomic mass is 10.1. The quantitative estimate of drug-likeness (QED) is 0.0343. The summed E-state index contributed by atoms with van der Waals surface area (Å²) in [5, 5.41) is 19.6. The molecule has 324 valence electrons. The van der Waals surface area contributed by atoms with Gasteiger partial charge in [0.1, 0.15) is 44.4 Å². The van der Waals surface area contributed by atoms with Crippen molar-refractivity contribution in [2.24, 2.45) is 4.99 Å². The lowest BCUT2D eigenvalue weighted by Crippen LogP contribution is -2.45. The number of aryl methyl sites for hydroxylation is 3. The zero-order chi connectivity index (χ0) is 43.9. The van der Waals surface area contributed by atoms with Gasteiger partial charge < -0.3 is 32.7 Å². The van der Waals surface area contributed by atoms with Crippen LogP contribution in [0.1, 0.15) is 51.7 Å². The number of hydrogen-bond donors (Lipinski definition) is 3. The Morgan fingerprint density at radius 3 is 1.85 bits per heavy atom. The Hall–Kier alpha value is -5.04. The van der Waals surface area contributed by atoms with Crippen LogP contribution in [0.25, 0.3) is 45.5 Å². The van der Waals surface area contributed by atoms with Crippen molar-refractivity contribution in [3.8, 4) is 45.5 Å². The molecule has 5 aromatic heterocycles. The highest BCUT2D eigenvalue weighted by Gasteiger charge is 2.26. The molecule has 0 fully saturated rings. The lowest BCUT2D eigenvalue weighted by molar-refractivity contribution is 0.0689. The first-order valence-corrected chi connectivity index (χ1v) is 28.5. The Bertz CT molecular complexity index is 2280. The van der Waals surface area contributed by atoms with Crippen LogP contribution in [0, 0.1) is 20.8 Å². The summed E-state index contributed by atoms with van der Waals surface area (Å²) in [7, 11) is 1.13. The van der Waals surface area contributed by atoms with Gasteiger partial charge in [-0.3, -0.25) is 15.6 Å². The van der Waals surface area contributed by atoms with Crippen LogP contribution in [0.3, 0.4) is 0 Å². The first-order valence-electron chi connectivity index (χ1n) is 19.3. The van der Waals surface area contributed by atoms with E-state index in [9.17, 15) is 19.5 Å². The molecule has 0 spiro atoms. The molecule has 0 saturated carbocycles. The van der Waals surface area contributed by atoms with Crippen molar-refractivity contribution in [1.82, 2.24) is 40.5 Å². The number of hydrogen-bond acceptors (Lipinski definition) is 17. The fraction of sp³-hybridized carbons (Fsp3) is 0.500. The topological polar surface area (TPSA) is 233 Å². The van der Waals surface area contributed by atoms with E-state index in [0.29, 0.717) is 58.9 Å². The standard InChI is InChI=1S/C38H53N9O9S2Si2/c1-21-27(32-44-29(35(48)49)23(3)56-32)42-30(54-21)25-20-58-34(41-25)28-22(2)55-31(43-28)24-19-57-33(40-24)26(47(4)5)13-12-14-39-36(45-37(50)52-15-17-59(6,7)8)46-38(51)53-16-18-60(9,10)11/h19-20,26H,12-18H2,1-11H3,(H,48,49)(H2,39,45,46,50,51)/t26-/m0/s1. The van der Waals surface area contributed by atoms with E-state index < -0.39 is 34.3 Å². The van der Waals surface area contributed by atoms with Gasteiger partial charge in [-0.2, -0.15) is 0 Å². The molecular formula is C38H53N9O9S2Si2. The maximum Gasteiger partial charge on any atom is 0.413 e. The molecule has 3 N–H and O–H groups in total. The van der Waals surface area contributed by atoms with Crippen molar-refractivity contribution in [3.05, 3.63) is 38.7 Å². The largest absolute Gasteiger partial charge is 0.476 e. The van der Waals surface area contributed by atoms with Gasteiger partial charge in [-0.15, -0.1) is 22.7 Å². The van der Waals surface area contributed by atoms with Crippen LogP contribution in [0.15, 0.2) is 29.0 Å². The van der Waals surface area contributed by atoms with Crippen LogP contribution in [0.5, 0.6) is 0 Å². The van der Waals surface area contributed by atoms with Crippen molar-refractivity contribution in [1.29, 1.82) is 0 Å². The number of aromatic carboxylic acids is 1. The summed E-state index contributed by atoms with van der Waals surface area (Å²) >= 11 is 2.83. The zero-order valence-corrected chi connectivity index (χ0v) is 39.5. The highest BCUT2D eigenvalue weighted by atomic mass is 32.1. The number of thiazole rings is 2. The third-order valence-electron chi connectivity index (χ3n) is 8.89. The number of aromatic nitrogens is 5. The summed E-state index contributed by atoms with van der Waals surface area (Å²) in [6.07, 6.45) is -0.0885. The number of oxazole rings is 3. The SMILES string of the molecule is Cc1oc(-c2nc(-c3csc(-c4nc(-c5csc([C@H](CCCN=C(NC(=O)OCC[Si](C)(C)C)NC(=O)OCC[Si](C)(C)C)N(C)C)n5)oc4C)n3)oc2C)nc1C(=O)O. The van der Waals surface area contributed by atoms with Crippen molar-refractivity contribution in [3.63, 3.8) is 0 Å². The molecule has 0 radical (unpaired) electrons. The van der Waals surface area contributed by atoms with E-state index in [-0.39, 0.29) is 54.1 Å². The second kappa shape index (κ2) is 19.6. The van der Waals surface area contributed by atoms with Gasteiger partial charge in [0, 0.05) is 33.5 Å². The van der Waals surface area contributed by atoms with E-state index in [0.717, 1.165) is 17.1 Å². The monoisotopic (exact) mass is 899 g/mol. The van der Waals surface area contributed by atoms with Crippen LogP contribution >= 0.6 is 22.7 Å². The fourth-order valence-corrected chi connectivity index (χ4v) is 8.76. The average molecular weight is 900 g/mol. The highest BCUT2D eigenvalue weighted by molar-refractivity contribution is 7.13. The maximum absolute atomic E-state index is 12.6. The summed E-state index contributed by atoms with van der Waals surface area (Å²) in [6, 6.07) is 1.56. The van der Waals surface area contributed by atoms with E-state index in [4.69, 9.17) is 37.7 Å². The van der Waals surface area contributed by atoms with Gasteiger partial charge in [0.15, 0.2) is 11.4 Å². The van der Waals surface area contributed by atoms with Crippen molar-refractivity contribution >= 4 is 62.9 Å². The molecule has 18 nitrogen and oxygen atoms in total. The Kier molecular flexibility index (Phi) is 15.0. The molecule has 60 heavy (non-hydrogen) atoms. The summed E-state index contributed by atoms with van der Waals surface area (Å²) in [6.45, 7) is 19.1. The first-order chi connectivity index (χ1) is 28.2. The number of carbonyl (C=O) groups is 3. The van der Waals surface area contributed by atoms with Gasteiger partial charge in [0.05, 0.1) is 19.3 Å². The van der Waals surface area contributed by atoms with E-state index in [1.54, 1.807) is 19.2 Å². The molecule has 22 heteroatoms. The summed E-state index contributed by atoms with van der Waals surface area (Å²) in [5.74, 6) is 0.516. The zero-order valence-electron chi connectivity index (χ0n) is 35.8. The molecule has 0 unspecified atom stereocenters. The van der Waals surface area contributed by atoms with Crippen LogP contribution in [-0.2, 0) is 9.47 Å². The van der Waals surface area contributed by atoms with E-state index >= 15 is 0 Å². The minimum atomic E-state index is -1.41. The number of carboxylic acids is 1. The summed E-state index contributed by atoms with van der Waals surface area (Å²) in [5.41, 5.74) is 1.68. The van der Waals surface area contributed by atoms with Gasteiger partial charge >= 0.3 is 18.2 Å². The fourth-order valence-electron chi connectivity index (χ4n) is 5.48. The van der Waals surface area contributed by atoms with Crippen molar-refractivity contribution in [2.45, 2.75) is 91.0 Å². The molecule has 0 bridgehead atoms. The molecule has 5 rings (SSSR count). The smallest absolute Gasteiger partial charge is 0.413 e. The predicted molar refractivity (Wildman–Crippen MR) is 234 cm³/mol. The Balaban J connectivity index is 1.23. The molecule has 2 amide bonds. The number of guanidine groups is 1. The Morgan fingerprint density at radius 1 is 0.767 bits per heavy atom. The van der Waals surface area contributed by atoms with Crippen molar-refractivity contribution < 1.29 is 42.2 Å². The number of rotatable bonds is 17. The van der Waals surface area contributed by atoms with Gasteiger partial charge in [-0.25, -0.2) is 39.3 Å². The third-order valence-corrected chi connectivity index (χ3v) is 14.1. The minimum Gasteiger partial charge on any atom is -0.476 e. The van der Waals surface area contributed by atoms with Crippen LogP contribution in [0.2, 0.25) is 51.4 Å². The lowest BCUT2D eigenvalue weighted by Gasteiger charge is -2.21. The Morgan fingerprint density at radius 2 is 1.30 bits per heavy atom. The second-order valence-electron chi connectivity index (χ2n) is 16.7. The number of alkyl carbamates (subject to hydrolysis) is 2. The van der Waals surface area contributed by atoms with Crippen molar-refractivity contribution in [2.75, 3.05) is 33.9 Å². The number of ether oxygens (including phenoxy) is 2. The number of amides is 2. The Labute approximate surface area is 358 Å².